The van der Waals surface area contributed by atoms with E-state index in [9.17, 15) is 18.0 Å². The smallest absolute Gasteiger partial charge is 0.244 e. The summed E-state index contributed by atoms with van der Waals surface area (Å²) in [5.41, 5.74) is 1.27. The molecule has 214 valence electrons. The Labute approximate surface area is 255 Å². The molecule has 2 amide bonds. The van der Waals surface area contributed by atoms with Crippen LogP contribution in [0.15, 0.2) is 66.7 Å². The van der Waals surface area contributed by atoms with E-state index in [1.807, 2.05) is 37.3 Å². The number of nitrogens with one attached hydrogen (secondary N) is 1. The molecule has 0 spiro atoms. The fraction of sp³-hybridized carbons (Fsp3) is 0.286. The van der Waals surface area contributed by atoms with Crippen molar-refractivity contribution in [2.45, 2.75) is 32.4 Å². The van der Waals surface area contributed by atoms with Crippen molar-refractivity contribution < 1.29 is 18.0 Å². The lowest BCUT2D eigenvalue weighted by molar-refractivity contribution is -0.140. The van der Waals surface area contributed by atoms with Crippen LogP contribution in [0.1, 0.15) is 24.5 Å². The lowest BCUT2D eigenvalue weighted by Gasteiger charge is -2.34. The Balaban J connectivity index is 2.12. The van der Waals surface area contributed by atoms with E-state index in [-0.39, 0.29) is 28.7 Å². The molecule has 3 rings (SSSR count). The van der Waals surface area contributed by atoms with Crippen molar-refractivity contribution in [2.75, 3.05) is 23.7 Å². The maximum Gasteiger partial charge on any atom is 0.244 e. The van der Waals surface area contributed by atoms with E-state index in [0.717, 1.165) is 16.1 Å². The Bertz CT molecular complexity index is 1430. The zero-order valence-corrected chi connectivity index (χ0v) is 25.8. The molecule has 0 aromatic heterocycles. The highest BCUT2D eigenvalue weighted by atomic mass is 35.5. The minimum absolute atomic E-state index is 0.0235. The molecule has 0 fully saturated rings. The van der Waals surface area contributed by atoms with Crippen molar-refractivity contribution in [3.8, 4) is 0 Å². The number of rotatable bonds is 12. The SMILES string of the molecule is CCCNC(=O)[C@H](Cc1ccccc1)N(Cc1c(Cl)cccc1Cl)C(=O)CN(c1cccc(Cl)c1Cl)S(C)(=O)=O. The average Bonchev–Trinajstić information content (AvgIpc) is 2.91. The summed E-state index contributed by atoms with van der Waals surface area (Å²) < 4.78 is 26.6. The van der Waals surface area contributed by atoms with Gasteiger partial charge in [0.05, 0.1) is 22.0 Å². The van der Waals surface area contributed by atoms with Crippen LogP contribution >= 0.6 is 46.4 Å². The third-order valence-corrected chi connectivity index (χ3v) is 8.73. The first-order valence-corrected chi connectivity index (χ1v) is 15.8. The molecule has 0 bridgehead atoms. The Hall–Kier alpha value is -2.49. The molecule has 3 aromatic carbocycles. The van der Waals surface area contributed by atoms with Gasteiger partial charge in [-0.2, -0.15) is 0 Å². The molecule has 1 atom stereocenters. The molecule has 40 heavy (non-hydrogen) atoms. The third kappa shape index (κ3) is 8.27. The average molecular weight is 645 g/mol. The van der Waals surface area contributed by atoms with Crippen molar-refractivity contribution in [1.82, 2.24) is 10.2 Å². The quantitative estimate of drug-likeness (QED) is 0.253. The number of amides is 2. The van der Waals surface area contributed by atoms with Gasteiger partial charge in [-0.15, -0.1) is 0 Å². The molecule has 0 saturated carbocycles. The standard InChI is InChI=1S/C28H29Cl4N3O4S/c1-3-15-33-28(37)25(16-19-9-5-4-6-10-19)34(17-20-21(29)11-7-12-22(20)30)26(36)18-35(40(2,38)39)24-14-8-13-23(31)27(24)32/h4-14,25H,3,15-18H2,1-2H3,(H,33,37)/t25-/m0/s1. The monoisotopic (exact) mass is 643 g/mol. The van der Waals surface area contributed by atoms with Gasteiger partial charge in [0.25, 0.3) is 0 Å². The summed E-state index contributed by atoms with van der Waals surface area (Å²) in [6.45, 7) is 1.52. The molecule has 3 aromatic rings. The van der Waals surface area contributed by atoms with Gasteiger partial charge in [0, 0.05) is 35.1 Å². The van der Waals surface area contributed by atoms with Crippen LogP contribution in [-0.4, -0.2) is 50.5 Å². The van der Waals surface area contributed by atoms with Gasteiger partial charge in [-0.25, -0.2) is 8.42 Å². The van der Waals surface area contributed by atoms with Crippen LogP contribution in [-0.2, 0) is 32.6 Å². The molecule has 0 unspecified atom stereocenters. The predicted octanol–water partition coefficient (Wildman–Crippen LogP) is 6.23. The summed E-state index contributed by atoms with van der Waals surface area (Å²) >= 11 is 25.4. The summed E-state index contributed by atoms with van der Waals surface area (Å²) in [5.74, 6) is -1.06. The van der Waals surface area contributed by atoms with E-state index in [1.54, 1.807) is 18.2 Å². The fourth-order valence-corrected chi connectivity index (χ4v) is 5.87. The number of hydrogen-bond donors (Lipinski definition) is 1. The predicted molar refractivity (Wildman–Crippen MR) is 163 cm³/mol. The number of anilines is 1. The highest BCUT2D eigenvalue weighted by Crippen LogP contribution is 2.34. The van der Waals surface area contributed by atoms with Crippen molar-refractivity contribution >= 4 is 73.9 Å². The van der Waals surface area contributed by atoms with Gasteiger partial charge in [-0.1, -0.05) is 95.8 Å². The van der Waals surface area contributed by atoms with Gasteiger partial charge in [-0.3, -0.25) is 13.9 Å². The van der Waals surface area contributed by atoms with Gasteiger partial charge in [0.15, 0.2) is 0 Å². The molecule has 0 aliphatic rings. The maximum absolute atomic E-state index is 14.1. The molecule has 0 saturated heterocycles. The van der Waals surface area contributed by atoms with E-state index in [1.165, 1.54) is 23.1 Å². The number of carbonyl (C=O) groups excluding carboxylic acids is 2. The zero-order chi connectivity index (χ0) is 29.4. The second-order valence-electron chi connectivity index (χ2n) is 9.06. The van der Waals surface area contributed by atoms with Gasteiger partial charge in [0.1, 0.15) is 12.6 Å². The maximum atomic E-state index is 14.1. The molecule has 7 nitrogen and oxygen atoms in total. The Morgan fingerprint density at radius 1 is 0.875 bits per heavy atom. The Morgan fingerprint density at radius 3 is 2.08 bits per heavy atom. The topological polar surface area (TPSA) is 86.8 Å². The van der Waals surface area contributed by atoms with Crippen LogP contribution < -0.4 is 9.62 Å². The van der Waals surface area contributed by atoms with Crippen LogP contribution in [0, 0.1) is 0 Å². The number of nitrogens with zero attached hydrogens (tertiary/aromatic N) is 2. The number of halogens is 4. The molecular weight excluding hydrogens is 616 g/mol. The summed E-state index contributed by atoms with van der Waals surface area (Å²) in [5, 5.41) is 3.57. The molecule has 12 heteroatoms. The minimum atomic E-state index is -4.00. The molecule has 0 radical (unpaired) electrons. The Morgan fingerprint density at radius 2 is 1.48 bits per heavy atom. The second kappa shape index (κ2) is 14.4. The third-order valence-electron chi connectivity index (χ3n) is 6.09. The number of carbonyl (C=O) groups is 2. The van der Waals surface area contributed by atoms with Crippen LogP contribution in [0.5, 0.6) is 0 Å². The van der Waals surface area contributed by atoms with Crippen molar-refractivity contribution in [3.05, 3.63) is 97.9 Å². The van der Waals surface area contributed by atoms with Gasteiger partial charge < -0.3 is 10.2 Å². The van der Waals surface area contributed by atoms with Crippen molar-refractivity contribution in [3.63, 3.8) is 0 Å². The lowest BCUT2D eigenvalue weighted by Crippen LogP contribution is -2.53. The van der Waals surface area contributed by atoms with Crippen LogP contribution in [0.25, 0.3) is 0 Å². The summed E-state index contributed by atoms with van der Waals surface area (Å²) in [6.07, 6.45) is 1.81. The molecule has 0 aliphatic heterocycles. The van der Waals surface area contributed by atoms with Crippen molar-refractivity contribution in [1.29, 1.82) is 0 Å². The summed E-state index contributed by atoms with van der Waals surface area (Å²) in [7, 11) is -4.00. The minimum Gasteiger partial charge on any atom is -0.354 e. The van der Waals surface area contributed by atoms with Gasteiger partial charge >= 0.3 is 0 Å². The highest BCUT2D eigenvalue weighted by molar-refractivity contribution is 7.92. The summed E-state index contributed by atoms with van der Waals surface area (Å²) in [4.78, 5) is 28.9. The van der Waals surface area contributed by atoms with Crippen LogP contribution in [0.2, 0.25) is 20.1 Å². The molecular formula is C28H29Cl4N3O4S. The number of hydrogen-bond acceptors (Lipinski definition) is 4. The fourth-order valence-electron chi connectivity index (χ4n) is 4.05. The highest BCUT2D eigenvalue weighted by Gasteiger charge is 2.34. The van der Waals surface area contributed by atoms with E-state index in [0.29, 0.717) is 28.6 Å². The number of benzene rings is 3. The Kier molecular flexibility index (Phi) is 11.5. The van der Waals surface area contributed by atoms with Gasteiger partial charge in [0.2, 0.25) is 21.8 Å². The number of sulfonamides is 1. The van der Waals surface area contributed by atoms with E-state index < -0.39 is 34.4 Å². The second-order valence-corrected chi connectivity index (χ2v) is 12.6. The molecule has 0 aliphatic carbocycles. The van der Waals surface area contributed by atoms with Crippen LogP contribution in [0.3, 0.4) is 0 Å². The summed E-state index contributed by atoms with van der Waals surface area (Å²) in [6, 6.07) is 17.6. The first-order chi connectivity index (χ1) is 18.9. The van der Waals surface area contributed by atoms with E-state index in [4.69, 9.17) is 46.4 Å². The normalized spacial score (nSPS) is 12.1. The first-order valence-electron chi connectivity index (χ1n) is 12.4. The molecule has 1 N–H and O–H groups in total. The van der Waals surface area contributed by atoms with E-state index in [2.05, 4.69) is 5.32 Å². The van der Waals surface area contributed by atoms with E-state index >= 15 is 0 Å². The first kappa shape index (κ1) is 32.0. The van der Waals surface area contributed by atoms with Gasteiger partial charge in [-0.05, 0) is 36.2 Å². The largest absolute Gasteiger partial charge is 0.354 e. The zero-order valence-electron chi connectivity index (χ0n) is 21.9. The lowest BCUT2D eigenvalue weighted by atomic mass is 10.0. The molecule has 0 heterocycles. The van der Waals surface area contributed by atoms with Crippen LogP contribution in [0.4, 0.5) is 5.69 Å². The van der Waals surface area contributed by atoms with Crippen molar-refractivity contribution in [2.24, 2.45) is 0 Å².